The van der Waals surface area contributed by atoms with Gasteiger partial charge in [-0.05, 0) is 50.0 Å². The second kappa shape index (κ2) is 6.60. The molecule has 0 bridgehead atoms. The molecule has 0 aromatic rings. The molecule has 0 saturated carbocycles. The molecule has 124 valence electrons. The van der Waals surface area contributed by atoms with Gasteiger partial charge in [0.25, 0.3) is 0 Å². The molecule has 0 N–H and O–H groups in total. The van der Waals surface area contributed by atoms with Crippen molar-refractivity contribution in [3.05, 3.63) is 23.8 Å². The van der Waals surface area contributed by atoms with Crippen LogP contribution in [0.2, 0.25) is 0 Å². The third-order valence-electron chi connectivity index (χ3n) is 5.76. The lowest BCUT2D eigenvalue weighted by molar-refractivity contribution is -0.164. The van der Waals surface area contributed by atoms with Crippen molar-refractivity contribution >= 4 is 5.97 Å². The largest absolute Gasteiger partial charge is 0.461 e. The van der Waals surface area contributed by atoms with Crippen molar-refractivity contribution in [2.75, 3.05) is 0 Å². The molecule has 2 rings (SSSR count). The van der Waals surface area contributed by atoms with Gasteiger partial charge in [-0.2, -0.15) is 0 Å². The van der Waals surface area contributed by atoms with Crippen LogP contribution in [0.3, 0.4) is 0 Å². The summed E-state index contributed by atoms with van der Waals surface area (Å²) in [6.07, 6.45) is 9.90. The van der Waals surface area contributed by atoms with Crippen molar-refractivity contribution in [3.63, 3.8) is 0 Å². The average Bonchev–Trinajstić information content (AvgIpc) is 2.47. The molecule has 2 nitrogen and oxygen atoms in total. The highest BCUT2D eigenvalue weighted by molar-refractivity contribution is 5.76. The molecule has 22 heavy (non-hydrogen) atoms. The molecular formula is C20H32O2. The number of carbonyl (C=O) groups is 1. The fraction of sp³-hybridized carbons (Fsp3) is 0.750. The summed E-state index contributed by atoms with van der Waals surface area (Å²) in [6, 6.07) is 0. The van der Waals surface area contributed by atoms with Crippen LogP contribution in [0.25, 0.3) is 0 Å². The van der Waals surface area contributed by atoms with E-state index in [-0.39, 0.29) is 17.5 Å². The zero-order valence-electron chi connectivity index (χ0n) is 15.1. The van der Waals surface area contributed by atoms with E-state index < -0.39 is 0 Å². The van der Waals surface area contributed by atoms with Gasteiger partial charge in [0.2, 0.25) is 0 Å². The van der Waals surface area contributed by atoms with Gasteiger partial charge in [-0.3, -0.25) is 4.79 Å². The Kier molecular flexibility index (Phi) is 5.19. The predicted octanol–water partition coefficient (Wildman–Crippen LogP) is 5.15. The van der Waals surface area contributed by atoms with Gasteiger partial charge in [-0.25, -0.2) is 0 Å². The summed E-state index contributed by atoms with van der Waals surface area (Å²) in [5, 5.41) is 0. The third-order valence-corrected chi connectivity index (χ3v) is 5.76. The van der Waals surface area contributed by atoms with Crippen molar-refractivity contribution in [1.29, 1.82) is 0 Å². The quantitative estimate of drug-likeness (QED) is 0.671. The topological polar surface area (TPSA) is 26.3 Å². The zero-order valence-corrected chi connectivity index (χ0v) is 15.1. The fourth-order valence-corrected chi connectivity index (χ4v) is 3.85. The summed E-state index contributed by atoms with van der Waals surface area (Å²) in [5.41, 5.74) is 0.998. The Balaban J connectivity index is 2.26. The predicted molar refractivity (Wildman–Crippen MR) is 91.4 cm³/mol. The third kappa shape index (κ3) is 3.31. The van der Waals surface area contributed by atoms with Crippen LogP contribution in [-0.2, 0) is 9.53 Å². The lowest BCUT2D eigenvalue weighted by Gasteiger charge is -2.43. The molecule has 0 aliphatic heterocycles. The monoisotopic (exact) mass is 304 g/mol. The summed E-state index contributed by atoms with van der Waals surface area (Å²) in [4.78, 5) is 12.6. The van der Waals surface area contributed by atoms with Gasteiger partial charge in [0.05, 0.1) is 5.41 Å². The molecule has 0 radical (unpaired) electrons. The number of hydrogen-bond donors (Lipinski definition) is 0. The van der Waals surface area contributed by atoms with Crippen molar-refractivity contribution in [1.82, 2.24) is 0 Å². The minimum atomic E-state index is -0.387. The first-order chi connectivity index (χ1) is 10.3. The minimum absolute atomic E-state index is 0.0330. The van der Waals surface area contributed by atoms with Crippen molar-refractivity contribution in [2.45, 2.75) is 66.9 Å². The Morgan fingerprint density at radius 2 is 2.00 bits per heavy atom. The van der Waals surface area contributed by atoms with E-state index in [9.17, 15) is 4.79 Å². The number of carbonyl (C=O) groups excluding carboxylic acids is 1. The van der Waals surface area contributed by atoms with E-state index >= 15 is 0 Å². The minimum Gasteiger partial charge on any atom is -0.461 e. The highest BCUT2D eigenvalue weighted by Crippen LogP contribution is 2.44. The van der Waals surface area contributed by atoms with Gasteiger partial charge in [0.15, 0.2) is 0 Å². The second-order valence-electron chi connectivity index (χ2n) is 7.88. The van der Waals surface area contributed by atoms with Gasteiger partial charge in [0.1, 0.15) is 6.10 Å². The number of hydrogen-bond acceptors (Lipinski definition) is 2. The van der Waals surface area contributed by atoms with Crippen molar-refractivity contribution in [3.8, 4) is 0 Å². The Hall–Kier alpha value is -1.05. The molecule has 0 aromatic heterocycles. The SMILES string of the molecule is CCC1[C@@H](C)C=CC2=C[C@H](C)C[C@H](OC(=O)C(C)(C)CC)[C@@H]21. The first-order valence-corrected chi connectivity index (χ1v) is 8.91. The Labute approximate surface area is 136 Å². The maximum Gasteiger partial charge on any atom is 0.311 e. The summed E-state index contributed by atoms with van der Waals surface area (Å²) < 4.78 is 6.05. The highest BCUT2D eigenvalue weighted by Gasteiger charge is 2.42. The lowest BCUT2D eigenvalue weighted by Crippen LogP contribution is -2.42. The van der Waals surface area contributed by atoms with Gasteiger partial charge in [-0.1, -0.05) is 52.3 Å². The molecule has 0 spiro atoms. The van der Waals surface area contributed by atoms with E-state index in [1.54, 1.807) is 0 Å². The van der Waals surface area contributed by atoms with Gasteiger partial charge in [-0.15, -0.1) is 0 Å². The van der Waals surface area contributed by atoms with Gasteiger partial charge >= 0.3 is 5.97 Å². The first-order valence-electron chi connectivity index (χ1n) is 8.91. The Morgan fingerprint density at radius 3 is 2.59 bits per heavy atom. The number of rotatable bonds is 4. The molecule has 0 saturated heterocycles. The lowest BCUT2D eigenvalue weighted by atomic mass is 9.66. The van der Waals surface area contributed by atoms with E-state index in [0.29, 0.717) is 23.7 Å². The number of allylic oxidation sites excluding steroid dienone is 3. The molecule has 2 aliphatic carbocycles. The van der Waals surface area contributed by atoms with Crippen LogP contribution in [0.1, 0.15) is 60.8 Å². The Morgan fingerprint density at radius 1 is 1.32 bits per heavy atom. The summed E-state index contributed by atoms with van der Waals surface area (Å²) in [5.74, 6) is 1.94. The van der Waals surface area contributed by atoms with E-state index in [2.05, 4.69) is 45.9 Å². The molecule has 0 fully saturated rings. The van der Waals surface area contributed by atoms with Crippen LogP contribution < -0.4 is 0 Å². The van der Waals surface area contributed by atoms with Crippen LogP contribution in [-0.4, -0.2) is 12.1 Å². The molecule has 1 unspecified atom stereocenters. The normalized spacial score (nSPS) is 34.8. The van der Waals surface area contributed by atoms with E-state index in [1.165, 1.54) is 5.57 Å². The molecule has 2 aliphatic rings. The Bertz CT molecular complexity index is 472. The molecule has 0 amide bonds. The number of esters is 1. The smallest absolute Gasteiger partial charge is 0.311 e. The maximum absolute atomic E-state index is 12.6. The fourth-order valence-electron chi connectivity index (χ4n) is 3.85. The van der Waals surface area contributed by atoms with Crippen molar-refractivity contribution in [2.24, 2.45) is 29.1 Å². The van der Waals surface area contributed by atoms with Crippen LogP contribution >= 0.6 is 0 Å². The molecule has 2 heteroatoms. The molecule has 0 heterocycles. The second-order valence-corrected chi connectivity index (χ2v) is 7.88. The maximum atomic E-state index is 12.6. The molecular weight excluding hydrogens is 272 g/mol. The zero-order chi connectivity index (χ0) is 16.5. The molecule has 5 atom stereocenters. The standard InChI is InChI=1S/C20H32O2/c1-7-16-14(4)9-10-15-11-13(3)12-17(18(15)16)22-19(21)20(5,6)8-2/h9-11,13-14,16-18H,7-8,12H2,1-6H3/t13-,14-,16?,17-,18-/m0/s1. The number of ether oxygens (including phenoxy) is 1. The van der Waals surface area contributed by atoms with Gasteiger partial charge in [0, 0.05) is 5.92 Å². The first kappa shape index (κ1) is 17.3. The summed E-state index contributed by atoms with van der Waals surface area (Å²) in [6.45, 7) is 12.8. The van der Waals surface area contributed by atoms with E-state index in [1.807, 2.05) is 13.8 Å². The van der Waals surface area contributed by atoms with Crippen molar-refractivity contribution < 1.29 is 9.53 Å². The van der Waals surface area contributed by atoms with Crippen LogP contribution in [0.5, 0.6) is 0 Å². The number of fused-ring (bicyclic) bond motifs is 1. The van der Waals surface area contributed by atoms with Crippen LogP contribution in [0.15, 0.2) is 23.8 Å². The van der Waals surface area contributed by atoms with Gasteiger partial charge < -0.3 is 4.74 Å². The molecule has 0 aromatic carbocycles. The van der Waals surface area contributed by atoms with Crippen LogP contribution in [0.4, 0.5) is 0 Å². The highest BCUT2D eigenvalue weighted by atomic mass is 16.5. The summed E-state index contributed by atoms with van der Waals surface area (Å²) in [7, 11) is 0. The van der Waals surface area contributed by atoms with E-state index in [4.69, 9.17) is 4.74 Å². The van der Waals surface area contributed by atoms with Crippen LogP contribution in [0, 0.1) is 29.1 Å². The summed E-state index contributed by atoms with van der Waals surface area (Å²) >= 11 is 0. The van der Waals surface area contributed by atoms with E-state index in [0.717, 1.165) is 19.3 Å². The average molecular weight is 304 g/mol.